The number of aromatic amines is 1. The summed E-state index contributed by atoms with van der Waals surface area (Å²) in [7, 11) is -3.43. The van der Waals surface area contributed by atoms with E-state index in [1.54, 1.807) is 24.3 Å². The monoisotopic (exact) mass is 301 g/mol. The van der Waals surface area contributed by atoms with Crippen molar-refractivity contribution in [2.24, 2.45) is 0 Å². The lowest BCUT2D eigenvalue weighted by atomic mass is 10.2. The van der Waals surface area contributed by atoms with Crippen molar-refractivity contribution in [1.82, 2.24) is 15.2 Å². The smallest absolute Gasteiger partial charge is 0.243 e. The molecule has 0 aliphatic heterocycles. The van der Waals surface area contributed by atoms with Crippen molar-refractivity contribution in [1.29, 1.82) is 0 Å². The molecule has 0 amide bonds. The number of H-pyrrole nitrogens is 1. The Kier molecular flexibility index (Phi) is 3.06. The Bertz CT molecular complexity index is 563. The van der Waals surface area contributed by atoms with E-state index in [-0.39, 0.29) is 10.9 Å². The summed E-state index contributed by atoms with van der Waals surface area (Å²) in [5, 5.41) is 5.77. The van der Waals surface area contributed by atoms with Crippen LogP contribution >= 0.6 is 15.9 Å². The van der Waals surface area contributed by atoms with Crippen LogP contribution in [0.25, 0.3) is 0 Å². The molecule has 0 aliphatic rings. The molecule has 0 spiro atoms. The molecule has 0 radical (unpaired) electrons. The van der Waals surface area contributed by atoms with Crippen LogP contribution in [0, 0.1) is 0 Å². The van der Waals surface area contributed by atoms with Gasteiger partial charge in [0.1, 0.15) is 6.33 Å². The van der Waals surface area contributed by atoms with Crippen molar-refractivity contribution >= 4 is 25.8 Å². The van der Waals surface area contributed by atoms with Crippen LogP contribution in [-0.2, 0) is 15.6 Å². The Morgan fingerprint density at radius 1 is 1.25 bits per heavy atom. The van der Waals surface area contributed by atoms with Gasteiger partial charge in [-0.25, -0.2) is 13.4 Å². The normalized spacial score (nSPS) is 11.6. The van der Waals surface area contributed by atoms with E-state index in [0.717, 1.165) is 4.47 Å². The molecule has 0 unspecified atom stereocenters. The maximum atomic E-state index is 11.8. The van der Waals surface area contributed by atoms with Gasteiger partial charge >= 0.3 is 0 Å². The fourth-order valence-electron chi connectivity index (χ4n) is 1.21. The van der Waals surface area contributed by atoms with Crippen molar-refractivity contribution in [2.75, 3.05) is 0 Å². The maximum Gasteiger partial charge on any atom is 0.243 e. The Labute approximate surface area is 101 Å². The molecule has 0 fully saturated rings. The zero-order valence-corrected chi connectivity index (χ0v) is 10.5. The van der Waals surface area contributed by atoms with Gasteiger partial charge in [0.2, 0.25) is 15.0 Å². The fraction of sp³-hybridized carbons (Fsp3) is 0.111. The van der Waals surface area contributed by atoms with E-state index in [9.17, 15) is 8.42 Å². The summed E-state index contributed by atoms with van der Waals surface area (Å²) >= 11 is 3.29. The summed E-state index contributed by atoms with van der Waals surface area (Å²) in [5.74, 6) is -0.0878. The number of hydrogen-bond donors (Lipinski definition) is 1. The van der Waals surface area contributed by atoms with Crippen LogP contribution in [0.2, 0.25) is 0 Å². The van der Waals surface area contributed by atoms with Crippen LogP contribution in [-0.4, -0.2) is 23.6 Å². The number of sulfone groups is 1. The van der Waals surface area contributed by atoms with E-state index in [0.29, 0.717) is 5.56 Å². The highest BCUT2D eigenvalue weighted by Gasteiger charge is 2.18. The van der Waals surface area contributed by atoms with Crippen LogP contribution < -0.4 is 0 Å². The van der Waals surface area contributed by atoms with Gasteiger partial charge in [-0.3, -0.25) is 5.10 Å². The summed E-state index contributed by atoms with van der Waals surface area (Å²) < 4.78 is 24.5. The van der Waals surface area contributed by atoms with Gasteiger partial charge < -0.3 is 0 Å². The van der Waals surface area contributed by atoms with Crippen LogP contribution in [0.15, 0.2) is 40.2 Å². The molecule has 5 nitrogen and oxygen atoms in total. The molecule has 2 rings (SSSR count). The molecule has 1 heterocycles. The first-order chi connectivity index (χ1) is 7.58. The highest BCUT2D eigenvalue weighted by Crippen LogP contribution is 2.15. The first-order valence-electron chi connectivity index (χ1n) is 4.40. The Hall–Kier alpha value is -1.21. The highest BCUT2D eigenvalue weighted by molar-refractivity contribution is 9.10. The average molecular weight is 302 g/mol. The molecule has 2 aromatic rings. The molecule has 16 heavy (non-hydrogen) atoms. The molecule has 1 aromatic heterocycles. The SMILES string of the molecule is O=S(=O)(Cc1ccc(Br)cc1)c1ncn[nH]1. The van der Waals surface area contributed by atoms with Crippen molar-refractivity contribution in [2.45, 2.75) is 10.9 Å². The minimum Gasteiger partial charge on any atom is -0.250 e. The minimum atomic E-state index is -3.43. The lowest BCUT2D eigenvalue weighted by Gasteiger charge is -2.01. The molecular weight excluding hydrogens is 294 g/mol. The predicted molar refractivity (Wildman–Crippen MR) is 61.4 cm³/mol. The first-order valence-corrected chi connectivity index (χ1v) is 6.85. The van der Waals surface area contributed by atoms with E-state index < -0.39 is 9.84 Å². The molecule has 0 bridgehead atoms. The number of benzene rings is 1. The Morgan fingerprint density at radius 3 is 2.50 bits per heavy atom. The van der Waals surface area contributed by atoms with Crippen LogP contribution in [0.5, 0.6) is 0 Å². The summed E-state index contributed by atoms with van der Waals surface area (Å²) in [6.07, 6.45) is 1.18. The van der Waals surface area contributed by atoms with Crippen LogP contribution in [0.1, 0.15) is 5.56 Å². The molecule has 1 N–H and O–H groups in total. The second kappa shape index (κ2) is 4.34. The zero-order chi connectivity index (χ0) is 11.6. The molecular formula is C9H8BrN3O2S. The molecule has 1 aromatic carbocycles. The quantitative estimate of drug-likeness (QED) is 0.933. The second-order valence-electron chi connectivity index (χ2n) is 3.18. The van der Waals surface area contributed by atoms with Crippen molar-refractivity contribution < 1.29 is 8.42 Å². The maximum absolute atomic E-state index is 11.8. The lowest BCUT2D eigenvalue weighted by Crippen LogP contribution is -2.06. The van der Waals surface area contributed by atoms with Gasteiger partial charge in [0.25, 0.3) is 0 Å². The highest BCUT2D eigenvalue weighted by atomic mass is 79.9. The standard InChI is InChI=1S/C9H8BrN3O2S/c10-8-3-1-7(2-4-8)5-16(14,15)9-11-6-12-13-9/h1-4,6H,5H2,(H,11,12,13). The first kappa shape index (κ1) is 11.3. The molecule has 84 valence electrons. The van der Waals surface area contributed by atoms with Crippen LogP contribution in [0.3, 0.4) is 0 Å². The van der Waals surface area contributed by atoms with Gasteiger partial charge in [0, 0.05) is 4.47 Å². The average Bonchev–Trinajstić information content (AvgIpc) is 2.75. The third-order valence-electron chi connectivity index (χ3n) is 1.96. The molecule has 0 aliphatic carbocycles. The molecule has 0 atom stereocenters. The molecule has 0 saturated heterocycles. The Balaban J connectivity index is 2.25. The van der Waals surface area contributed by atoms with E-state index in [4.69, 9.17) is 0 Å². The zero-order valence-electron chi connectivity index (χ0n) is 8.09. The Morgan fingerprint density at radius 2 is 1.94 bits per heavy atom. The third-order valence-corrected chi connectivity index (χ3v) is 3.99. The van der Waals surface area contributed by atoms with Gasteiger partial charge in [-0.2, -0.15) is 5.10 Å². The number of aromatic nitrogens is 3. The van der Waals surface area contributed by atoms with E-state index in [1.807, 2.05) is 0 Å². The minimum absolute atomic E-state index is 0.0878. The number of nitrogens with zero attached hydrogens (tertiary/aromatic N) is 2. The van der Waals surface area contributed by atoms with Gasteiger partial charge in [0.05, 0.1) is 5.75 Å². The van der Waals surface area contributed by atoms with Gasteiger partial charge in [-0.15, -0.1) is 0 Å². The molecule has 0 saturated carbocycles. The number of hydrogen-bond acceptors (Lipinski definition) is 4. The van der Waals surface area contributed by atoms with E-state index >= 15 is 0 Å². The number of nitrogens with one attached hydrogen (secondary N) is 1. The van der Waals surface area contributed by atoms with Crippen LogP contribution in [0.4, 0.5) is 0 Å². The van der Waals surface area contributed by atoms with Crippen molar-refractivity contribution in [3.05, 3.63) is 40.6 Å². The summed E-state index contributed by atoms with van der Waals surface area (Å²) in [6.45, 7) is 0. The fourth-order valence-corrected chi connectivity index (χ4v) is 2.64. The number of rotatable bonds is 3. The third kappa shape index (κ3) is 2.48. The topological polar surface area (TPSA) is 75.7 Å². The van der Waals surface area contributed by atoms with E-state index in [1.165, 1.54) is 6.33 Å². The summed E-state index contributed by atoms with van der Waals surface area (Å²) in [5.41, 5.74) is 0.708. The summed E-state index contributed by atoms with van der Waals surface area (Å²) in [6, 6.07) is 7.09. The van der Waals surface area contributed by atoms with Gasteiger partial charge in [0.15, 0.2) is 0 Å². The van der Waals surface area contributed by atoms with Crippen molar-refractivity contribution in [3.63, 3.8) is 0 Å². The summed E-state index contributed by atoms with van der Waals surface area (Å²) in [4.78, 5) is 3.64. The van der Waals surface area contributed by atoms with Crippen molar-refractivity contribution in [3.8, 4) is 0 Å². The van der Waals surface area contributed by atoms with E-state index in [2.05, 4.69) is 31.1 Å². The van der Waals surface area contributed by atoms with Gasteiger partial charge in [-0.1, -0.05) is 28.1 Å². The largest absolute Gasteiger partial charge is 0.250 e. The molecule has 7 heteroatoms. The predicted octanol–water partition coefficient (Wildman–Crippen LogP) is 1.54. The second-order valence-corrected chi connectivity index (χ2v) is 6.00. The lowest BCUT2D eigenvalue weighted by molar-refractivity contribution is 0.587. The van der Waals surface area contributed by atoms with Gasteiger partial charge in [-0.05, 0) is 17.7 Å². The number of halogens is 1.